The molecule has 2 saturated heterocycles. The molecule has 0 unspecified atom stereocenters. The lowest BCUT2D eigenvalue weighted by Crippen LogP contribution is -2.24. The molecule has 0 aromatic rings. The van der Waals surface area contributed by atoms with E-state index in [9.17, 15) is 9.59 Å². The highest BCUT2D eigenvalue weighted by molar-refractivity contribution is 6.00. The Hall–Kier alpha value is -1.47. The van der Waals surface area contributed by atoms with Crippen LogP contribution in [0.4, 0.5) is 0 Å². The van der Waals surface area contributed by atoms with Crippen LogP contribution < -0.4 is 5.32 Å². The number of nitrogens with one attached hydrogen (secondary N) is 1. The Bertz CT molecular complexity index is 258. The maximum absolute atomic E-state index is 10.2. The van der Waals surface area contributed by atoms with Crippen LogP contribution in [0.25, 0.3) is 0 Å². The van der Waals surface area contributed by atoms with E-state index in [2.05, 4.69) is 5.32 Å². The van der Waals surface area contributed by atoms with Crippen LogP contribution in [0.1, 0.15) is 39.0 Å². The molecule has 7 heteroatoms. The first kappa shape index (κ1) is 16.5. The molecule has 7 nitrogen and oxygen atoms in total. The number of imide groups is 1. The quantitative estimate of drug-likeness (QED) is 0.429. The normalized spacial score (nSPS) is 18.4. The fourth-order valence-electron chi connectivity index (χ4n) is 1.37. The third kappa shape index (κ3) is 8.66. The molecular formula is C11H20N2O5. The van der Waals surface area contributed by atoms with E-state index in [0.717, 1.165) is 6.92 Å². The van der Waals surface area contributed by atoms with Crippen molar-refractivity contribution in [3.8, 4) is 0 Å². The van der Waals surface area contributed by atoms with Gasteiger partial charge in [-0.1, -0.05) is 6.42 Å². The topological polar surface area (TPSA) is 107 Å². The molecule has 0 bridgehead atoms. The molecule has 0 spiro atoms. The van der Waals surface area contributed by atoms with E-state index in [4.69, 9.17) is 15.1 Å². The molecule has 0 aliphatic carbocycles. The zero-order chi connectivity index (χ0) is 14.0. The van der Waals surface area contributed by atoms with Crippen molar-refractivity contribution in [2.45, 2.75) is 39.0 Å². The van der Waals surface area contributed by atoms with Crippen molar-refractivity contribution in [3.63, 3.8) is 0 Å². The average molecular weight is 260 g/mol. The lowest BCUT2D eigenvalue weighted by Gasteiger charge is -2.08. The van der Waals surface area contributed by atoms with Crippen LogP contribution in [0.3, 0.4) is 0 Å². The number of hydroxylamine groups is 2. The van der Waals surface area contributed by atoms with Gasteiger partial charge < -0.3 is 10.4 Å². The number of carbonyl (C=O) groups is 3. The number of carboxylic acids is 1. The van der Waals surface area contributed by atoms with Crippen LogP contribution in [-0.4, -0.2) is 46.3 Å². The van der Waals surface area contributed by atoms with Crippen molar-refractivity contribution in [2.24, 2.45) is 0 Å². The van der Waals surface area contributed by atoms with Gasteiger partial charge in [0.1, 0.15) is 0 Å². The minimum Gasteiger partial charge on any atom is -0.481 e. The Morgan fingerprint density at radius 2 is 1.50 bits per heavy atom. The molecule has 0 aromatic heterocycles. The number of carboxylic acid groups (broad SMARTS) is 1. The fraction of sp³-hybridized carbons (Fsp3) is 0.727. The second-order valence-corrected chi connectivity index (χ2v) is 3.93. The minimum atomic E-state index is -0.833. The third-order valence-corrected chi connectivity index (χ3v) is 2.23. The Morgan fingerprint density at radius 1 is 1.11 bits per heavy atom. The number of piperidine rings is 1. The maximum Gasteiger partial charge on any atom is 0.300 e. The van der Waals surface area contributed by atoms with Gasteiger partial charge in [-0.05, 0) is 25.9 Å². The molecule has 2 amide bonds. The highest BCUT2D eigenvalue weighted by Gasteiger charge is 2.26. The molecule has 104 valence electrons. The predicted molar refractivity (Wildman–Crippen MR) is 62.9 cm³/mol. The van der Waals surface area contributed by atoms with Crippen molar-refractivity contribution < 1.29 is 24.7 Å². The maximum atomic E-state index is 10.2. The largest absolute Gasteiger partial charge is 0.481 e. The zero-order valence-corrected chi connectivity index (χ0v) is 10.5. The first-order valence-electron chi connectivity index (χ1n) is 5.90. The van der Waals surface area contributed by atoms with Gasteiger partial charge in [0.2, 0.25) is 0 Å². The summed E-state index contributed by atoms with van der Waals surface area (Å²) in [5.41, 5.74) is 0. The third-order valence-electron chi connectivity index (χ3n) is 2.23. The van der Waals surface area contributed by atoms with Crippen LogP contribution in [0, 0.1) is 0 Å². The van der Waals surface area contributed by atoms with E-state index >= 15 is 0 Å². The van der Waals surface area contributed by atoms with Gasteiger partial charge in [-0.25, -0.2) is 0 Å². The van der Waals surface area contributed by atoms with Crippen LogP contribution in [-0.2, 0) is 14.4 Å². The average Bonchev–Trinajstić information content (AvgIpc) is 2.63. The molecule has 0 aromatic carbocycles. The van der Waals surface area contributed by atoms with Crippen LogP contribution in [0.15, 0.2) is 0 Å². The number of carbonyl (C=O) groups excluding carboxylic acids is 2. The summed E-state index contributed by atoms with van der Waals surface area (Å²) in [6, 6.07) is 0. The molecule has 18 heavy (non-hydrogen) atoms. The van der Waals surface area contributed by atoms with E-state index in [-0.39, 0.29) is 17.9 Å². The van der Waals surface area contributed by atoms with Gasteiger partial charge >= 0.3 is 0 Å². The summed E-state index contributed by atoms with van der Waals surface area (Å²) >= 11 is 0. The Kier molecular flexibility index (Phi) is 8.77. The van der Waals surface area contributed by atoms with E-state index < -0.39 is 17.8 Å². The van der Waals surface area contributed by atoms with Crippen molar-refractivity contribution in [1.82, 2.24) is 10.4 Å². The van der Waals surface area contributed by atoms with Crippen molar-refractivity contribution in [3.05, 3.63) is 0 Å². The zero-order valence-electron chi connectivity index (χ0n) is 10.5. The van der Waals surface area contributed by atoms with Gasteiger partial charge in [-0.2, -0.15) is 5.06 Å². The number of aliphatic carboxylic acids is 1. The van der Waals surface area contributed by atoms with Crippen molar-refractivity contribution in [2.75, 3.05) is 13.1 Å². The first-order chi connectivity index (χ1) is 8.45. The van der Waals surface area contributed by atoms with E-state index in [0.29, 0.717) is 0 Å². The summed E-state index contributed by atoms with van der Waals surface area (Å²) in [5.74, 6) is -1.84. The van der Waals surface area contributed by atoms with E-state index in [1.54, 1.807) is 0 Å². The van der Waals surface area contributed by atoms with Gasteiger partial charge in [-0.15, -0.1) is 0 Å². The van der Waals surface area contributed by atoms with Crippen molar-refractivity contribution >= 4 is 17.8 Å². The summed E-state index contributed by atoms with van der Waals surface area (Å²) in [6.45, 7) is 3.58. The smallest absolute Gasteiger partial charge is 0.300 e. The number of nitrogens with zero attached hydrogens (tertiary/aromatic N) is 1. The van der Waals surface area contributed by atoms with E-state index in [1.165, 1.54) is 32.4 Å². The number of hydrogen-bond donors (Lipinski definition) is 3. The van der Waals surface area contributed by atoms with E-state index in [1.807, 2.05) is 0 Å². The Morgan fingerprint density at radius 3 is 1.61 bits per heavy atom. The summed E-state index contributed by atoms with van der Waals surface area (Å²) < 4.78 is 0. The fourth-order valence-corrected chi connectivity index (χ4v) is 1.37. The molecule has 2 fully saturated rings. The molecule has 0 radical (unpaired) electrons. The van der Waals surface area contributed by atoms with Gasteiger partial charge in [0.05, 0.1) is 0 Å². The predicted octanol–water partition coefficient (Wildman–Crippen LogP) is 0.375. The molecule has 2 rings (SSSR count). The second kappa shape index (κ2) is 9.55. The van der Waals surface area contributed by atoms with Crippen LogP contribution >= 0.6 is 0 Å². The lowest BCUT2D eigenvalue weighted by molar-refractivity contribution is -0.171. The molecule has 2 heterocycles. The summed E-state index contributed by atoms with van der Waals surface area (Å²) in [7, 11) is 0. The standard InChI is InChI=1S/C5H11N.C4H5NO3.C2H4O2/c1-2-4-6-5-3-1;6-3-1-2-4(7)5(3)8;1-2(3)4/h6H,1-5H2;8H,1-2H2;1H3,(H,3,4). The molecule has 0 atom stereocenters. The molecule has 0 saturated carbocycles. The van der Waals surface area contributed by atoms with Gasteiger partial charge in [-0.3, -0.25) is 19.6 Å². The molecule has 2 aliphatic heterocycles. The first-order valence-corrected chi connectivity index (χ1v) is 5.90. The number of rotatable bonds is 0. The monoisotopic (exact) mass is 260 g/mol. The van der Waals surface area contributed by atoms with Crippen LogP contribution in [0.2, 0.25) is 0 Å². The molecule has 2 aliphatic rings. The second-order valence-electron chi connectivity index (χ2n) is 3.93. The van der Waals surface area contributed by atoms with Gasteiger partial charge in [0.15, 0.2) is 0 Å². The molecule has 3 N–H and O–H groups in total. The SMILES string of the molecule is C1CCNCC1.CC(=O)O.O=C1CCC(=O)N1O. The van der Waals surface area contributed by atoms with Crippen molar-refractivity contribution in [1.29, 1.82) is 0 Å². The Balaban J connectivity index is 0.000000257. The number of amides is 2. The summed E-state index contributed by atoms with van der Waals surface area (Å²) in [4.78, 5) is 29.5. The molecular weight excluding hydrogens is 240 g/mol. The minimum absolute atomic E-state index is 0.148. The lowest BCUT2D eigenvalue weighted by atomic mass is 10.2. The number of hydrogen-bond acceptors (Lipinski definition) is 5. The summed E-state index contributed by atoms with van der Waals surface area (Å²) in [6.07, 6.45) is 4.51. The highest BCUT2D eigenvalue weighted by atomic mass is 16.5. The van der Waals surface area contributed by atoms with Gasteiger partial charge in [0.25, 0.3) is 17.8 Å². The summed E-state index contributed by atoms with van der Waals surface area (Å²) in [5, 5.41) is 19.3. The highest BCUT2D eigenvalue weighted by Crippen LogP contribution is 2.07. The van der Waals surface area contributed by atoms with Gasteiger partial charge in [0, 0.05) is 19.8 Å². The van der Waals surface area contributed by atoms with Crippen LogP contribution in [0.5, 0.6) is 0 Å². The Labute approximate surface area is 106 Å².